The lowest BCUT2D eigenvalue weighted by atomic mass is 10.1. The molecule has 222 valence electrons. The number of carbonyl (C=O) groups is 2. The molecule has 1 saturated heterocycles. The molecule has 0 atom stereocenters. The molecular formula is C35H30N8O2. The standard InChI is InChI=1S/C35H30N8O2/c44-31-16-8-20-42(31)28-14-7-13-27(22-28)38-34-36-18-17-29(40-34)33-32(41-30-15-4-5-19-43(30)33)25-11-6-12-26(21-25)39-35(45)37-23-24-9-2-1-3-10-24/h1-7,9-15,17-19,21-22H,8,16,20,23H2,(H,36,38,40)(H2,37,39,45). The molecule has 7 rings (SSSR count). The minimum Gasteiger partial charge on any atom is -0.334 e. The minimum atomic E-state index is -0.295. The Morgan fingerprint density at radius 1 is 0.844 bits per heavy atom. The van der Waals surface area contributed by atoms with Crippen LogP contribution in [0.25, 0.3) is 28.3 Å². The molecule has 10 heteroatoms. The number of amides is 3. The molecule has 10 nitrogen and oxygen atoms in total. The van der Waals surface area contributed by atoms with Crippen molar-refractivity contribution in [1.82, 2.24) is 24.7 Å². The van der Waals surface area contributed by atoms with Gasteiger partial charge < -0.3 is 20.9 Å². The predicted octanol–water partition coefficient (Wildman–Crippen LogP) is 6.65. The van der Waals surface area contributed by atoms with Crippen LogP contribution in [0.15, 0.2) is 116 Å². The minimum absolute atomic E-state index is 0.137. The Morgan fingerprint density at radius 3 is 2.56 bits per heavy atom. The maximum atomic E-state index is 12.7. The van der Waals surface area contributed by atoms with Gasteiger partial charge in [0.2, 0.25) is 11.9 Å². The highest BCUT2D eigenvalue weighted by molar-refractivity contribution is 5.96. The van der Waals surface area contributed by atoms with Crippen molar-refractivity contribution in [2.75, 3.05) is 22.1 Å². The van der Waals surface area contributed by atoms with E-state index in [1.54, 1.807) is 6.20 Å². The molecule has 3 N–H and O–H groups in total. The number of carbonyl (C=O) groups excluding carboxylic acids is 2. The SMILES string of the molecule is O=C(NCc1ccccc1)Nc1cccc(-c2nc3ccccn3c2-c2ccnc(Nc3cccc(N4CCCC4=O)c3)n2)c1. The molecule has 4 heterocycles. The number of anilines is 4. The van der Waals surface area contributed by atoms with Crippen LogP contribution < -0.4 is 20.9 Å². The maximum absolute atomic E-state index is 12.7. The third-order valence-corrected chi connectivity index (χ3v) is 7.61. The van der Waals surface area contributed by atoms with Crippen molar-refractivity contribution in [3.8, 4) is 22.6 Å². The Balaban J connectivity index is 1.17. The summed E-state index contributed by atoms with van der Waals surface area (Å²) in [4.78, 5) is 41.1. The van der Waals surface area contributed by atoms with E-state index in [0.29, 0.717) is 36.0 Å². The van der Waals surface area contributed by atoms with Crippen LogP contribution in [-0.2, 0) is 11.3 Å². The number of nitrogens with one attached hydrogen (secondary N) is 3. The van der Waals surface area contributed by atoms with Crippen molar-refractivity contribution in [2.45, 2.75) is 19.4 Å². The number of hydrogen-bond donors (Lipinski definition) is 3. The molecule has 0 spiro atoms. The second-order valence-corrected chi connectivity index (χ2v) is 10.7. The van der Waals surface area contributed by atoms with Crippen LogP contribution >= 0.6 is 0 Å². The van der Waals surface area contributed by atoms with Crippen molar-refractivity contribution in [3.63, 3.8) is 0 Å². The Hall–Kier alpha value is -6.03. The van der Waals surface area contributed by atoms with Crippen LogP contribution in [-0.4, -0.2) is 37.8 Å². The van der Waals surface area contributed by atoms with Crippen LogP contribution in [0.3, 0.4) is 0 Å². The Bertz CT molecular complexity index is 2010. The van der Waals surface area contributed by atoms with Crippen molar-refractivity contribution in [3.05, 3.63) is 121 Å². The number of benzene rings is 3. The summed E-state index contributed by atoms with van der Waals surface area (Å²) in [7, 11) is 0. The highest BCUT2D eigenvalue weighted by atomic mass is 16.2. The van der Waals surface area contributed by atoms with Crippen LogP contribution in [0.2, 0.25) is 0 Å². The van der Waals surface area contributed by atoms with Gasteiger partial charge in [0.15, 0.2) is 0 Å². The lowest BCUT2D eigenvalue weighted by molar-refractivity contribution is -0.117. The monoisotopic (exact) mass is 594 g/mol. The van der Waals surface area contributed by atoms with E-state index in [0.717, 1.165) is 46.8 Å². The van der Waals surface area contributed by atoms with Gasteiger partial charge in [0, 0.05) is 54.5 Å². The molecule has 0 aliphatic carbocycles. The number of pyridine rings is 1. The average Bonchev–Trinajstić information content (AvgIpc) is 3.68. The number of fused-ring (bicyclic) bond motifs is 1. The van der Waals surface area contributed by atoms with E-state index >= 15 is 0 Å². The highest BCUT2D eigenvalue weighted by Gasteiger charge is 2.22. The number of rotatable bonds is 8. The van der Waals surface area contributed by atoms with Gasteiger partial charge in [-0.15, -0.1) is 0 Å². The second kappa shape index (κ2) is 12.3. The molecule has 1 fully saturated rings. The van der Waals surface area contributed by atoms with Gasteiger partial charge in [0.1, 0.15) is 5.65 Å². The van der Waals surface area contributed by atoms with Gasteiger partial charge >= 0.3 is 6.03 Å². The van der Waals surface area contributed by atoms with Gasteiger partial charge in [0.25, 0.3) is 0 Å². The summed E-state index contributed by atoms with van der Waals surface area (Å²) in [5.74, 6) is 0.553. The first-order valence-corrected chi connectivity index (χ1v) is 14.8. The zero-order valence-electron chi connectivity index (χ0n) is 24.4. The molecule has 3 aromatic carbocycles. The van der Waals surface area contributed by atoms with Gasteiger partial charge in [-0.25, -0.2) is 19.7 Å². The van der Waals surface area contributed by atoms with Crippen molar-refractivity contribution in [1.29, 1.82) is 0 Å². The van der Waals surface area contributed by atoms with E-state index in [4.69, 9.17) is 9.97 Å². The maximum Gasteiger partial charge on any atom is 0.319 e. The van der Waals surface area contributed by atoms with Gasteiger partial charge in [-0.2, -0.15) is 0 Å². The lowest BCUT2D eigenvalue weighted by Gasteiger charge is -2.17. The fraction of sp³-hybridized carbons (Fsp3) is 0.114. The zero-order chi connectivity index (χ0) is 30.6. The van der Waals surface area contributed by atoms with E-state index in [-0.39, 0.29) is 11.9 Å². The van der Waals surface area contributed by atoms with Crippen LogP contribution in [0.1, 0.15) is 18.4 Å². The quantitative estimate of drug-likeness (QED) is 0.182. The molecule has 0 bridgehead atoms. The van der Waals surface area contributed by atoms with Gasteiger partial charge in [0.05, 0.1) is 17.1 Å². The highest BCUT2D eigenvalue weighted by Crippen LogP contribution is 2.34. The Morgan fingerprint density at radius 2 is 1.69 bits per heavy atom. The van der Waals surface area contributed by atoms with Crippen molar-refractivity contribution < 1.29 is 9.59 Å². The molecule has 3 amide bonds. The smallest absolute Gasteiger partial charge is 0.319 e. The first-order valence-electron chi connectivity index (χ1n) is 14.8. The summed E-state index contributed by atoms with van der Waals surface area (Å²) in [6.07, 6.45) is 5.10. The molecule has 3 aromatic heterocycles. The summed E-state index contributed by atoms with van der Waals surface area (Å²) >= 11 is 0. The topological polar surface area (TPSA) is 117 Å². The summed E-state index contributed by atoms with van der Waals surface area (Å²) < 4.78 is 1.99. The number of imidazole rings is 1. The number of hydrogen-bond acceptors (Lipinski definition) is 6. The molecule has 45 heavy (non-hydrogen) atoms. The van der Waals surface area contributed by atoms with E-state index in [9.17, 15) is 9.59 Å². The van der Waals surface area contributed by atoms with Crippen LogP contribution in [0.4, 0.5) is 27.8 Å². The number of nitrogens with zero attached hydrogens (tertiary/aromatic N) is 5. The fourth-order valence-electron chi connectivity index (χ4n) is 5.49. The summed E-state index contributed by atoms with van der Waals surface area (Å²) in [5.41, 5.74) is 7.06. The molecular weight excluding hydrogens is 564 g/mol. The molecule has 1 aliphatic rings. The third kappa shape index (κ3) is 6.07. The lowest BCUT2D eigenvalue weighted by Crippen LogP contribution is -2.28. The van der Waals surface area contributed by atoms with Gasteiger partial charge in [-0.3, -0.25) is 9.20 Å². The van der Waals surface area contributed by atoms with Gasteiger partial charge in [-0.05, 0) is 60.5 Å². The average molecular weight is 595 g/mol. The molecule has 0 unspecified atom stereocenters. The number of aromatic nitrogens is 4. The Kier molecular flexibility index (Phi) is 7.59. The van der Waals surface area contributed by atoms with E-state index in [2.05, 4.69) is 20.9 Å². The predicted molar refractivity (Wildman–Crippen MR) is 175 cm³/mol. The normalized spacial score (nSPS) is 12.8. The van der Waals surface area contributed by atoms with E-state index in [1.165, 1.54) is 0 Å². The molecule has 0 radical (unpaired) electrons. The fourth-order valence-corrected chi connectivity index (χ4v) is 5.49. The molecule has 1 aliphatic heterocycles. The molecule has 0 saturated carbocycles. The summed E-state index contributed by atoms with van der Waals surface area (Å²) in [6, 6.07) is 32.5. The summed E-state index contributed by atoms with van der Waals surface area (Å²) in [5, 5.41) is 9.14. The zero-order valence-corrected chi connectivity index (χ0v) is 24.4. The van der Waals surface area contributed by atoms with E-state index < -0.39 is 0 Å². The van der Waals surface area contributed by atoms with Crippen molar-refractivity contribution >= 4 is 40.6 Å². The van der Waals surface area contributed by atoms with Crippen molar-refractivity contribution in [2.24, 2.45) is 0 Å². The first-order chi connectivity index (χ1) is 22.1. The number of urea groups is 1. The van der Waals surface area contributed by atoms with Crippen LogP contribution in [0, 0.1) is 0 Å². The van der Waals surface area contributed by atoms with Gasteiger partial charge in [-0.1, -0.05) is 54.6 Å². The van der Waals surface area contributed by atoms with E-state index in [1.807, 2.05) is 119 Å². The second-order valence-electron chi connectivity index (χ2n) is 10.7. The van der Waals surface area contributed by atoms with Crippen LogP contribution in [0.5, 0.6) is 0 Å². The summed E-state index contributed by atoms with van der Waals surface area (Å²) in [6.45, 7) is 1.15. The Labute approximate surface area is 259 Å². The first kappa shape index (κ1) is 27.8. The largest absolute Gasteiger partial charge is 0.334 e. The third-order valence-electron chi connectivity index (χ3n) is 7.61. The molecule has 6 aromatic rings.